The van der Waals surface area contributed by atoms with Crippen LogP contribution in [0.15, 0.2) is 40.1 Å². The molecule has 1 aliphatic rings. The van der Waals surface area contributed by atoms with Crippen LogP contribution in [0.25, 0.3) is 21.6 Å². The largest absolute Gasteiger partial charge is 0.351 e. The second-order valence-corrected chi connectivity index (χ2v) is 8.26. The van der Waals surface area contributed by atoms with Crippen molar-refractivity contribution in [3.8, 4) is 10.7 Å². The summed E-state index contributed by atoms with van der Waals surface area (Å²) >= 11 is 5.00. The summed E-state index contributed by atoms with van der Waals surface area (Å²) in [7, 11) is 0. The van der Waals surface area contributed by atoms with Crippen LogP contribution in [-0.4, -0.2) is 15.7 Å². The van der Waals surface area contributed by atoms with E-state index in [9.17, 15) is 4.39 Å². The van der Waals surface area contributed by atoms with Crippen molar-refractivity contribution in [2.24, 2.45) is 0 Å². The molecule has 23 heavy (non-hydrogen) atoms. The van der Waals surface area contributed by atoms with Gasteiger partial charge in [-0.05, 0) is 48.7 Å². The first-order chi connectivity index (χ1) is 11.3. The number of nitrogens with one attached hydrogen (secondary N) is 2. The van der Waals surface area contributed by atoms with Gasteiger partial charge in [0.2, 0.25) is 0 Å². The summed E-state index contributed by atoms with van der Waals surface area (Å²) in [5.41, 5.74) is 2.52. The topological polar surface area (TPSA) is 40.7 Å². The van der Waals surface area contributed by atoms with Crippen LogP contribution in [0.1, 0.15) is 12.8 Å². The number of H-pyrrole nitrogens is 1. The Balaban J connectivity index is 1.66. The maximum Gasteiger partial charge on any atom is 0.139 e. The molecule has 7 heteroatoms. The lowest BCUT2D eigenvalue weighted by molar-refractivity contribution is 0.640. The maximum absolute atomic E-state index is 14.1. The van der Waals surface area contributed by atoms with Gasteiger partial charge in [0.15, 0.2) is 0 Å². The first kappa shape index (κ1) is 15.1. The van der Waals surface area contributed by atoms with E-state index in [1.165, 1.54) is 28.1 Å². The Labute approximate surface area is 145 Å². The standard InChI is InChI=1S/C16H14FN3S3/c17-11-4-5-12(20-23-14-3-1-2-7-21-14)15-10(11)9-13(19-15)16-18-6-8-22-16/h3-6,8-9,19-20H,1-2,7H2. The van der Waals surface area contributed by atoms with Crippen LogP contribution in [0.5, 0.6) is 0 Å². The van der Waals surface area contributed by atoms with E-state index in [-0.39, 0.29) is 5.82 Å². The van der Waals surface area contributed by atoms with Crippen LogP contribution in [0.2, 0.25) is 0 Å². The molecule has 0 unspecified atom stereocenters. The minimum Gasteiger partial charge on any atom is -0.351 e. The number of thiazole rings is 1. The molecule has 0 spiro atoms. The molecule has 0 fully saturated rings. The van der Waals surface area contributed by atoms with Crippen molar-refractivity contribution in [1.29, 1.82) is 0 Å². The van der Waals surface area contributed by atoms with Crippen molar-refractivity contribution in [3.63, 3.8) is 0 Å². The van der Waals surface area contributed by atoms with Gasteiger partial charge in [0.05, 0.1) is 21.1 Å². The van der Waals surface area contributed by atoms with Crippen LogP contribution >= 0.6 is 35.0 Å². The molecule has 0 saturated heterocycles. The molecule has 2 aromatic heterocycles. The Morgan fingerprint density at radius 2 is 2.30 bits per heavy atom. The molecule has 3 aromatic rings. The Bertz CT molecular complexity index is 855. The predicted molar refractivity (Wildman–Crippen MR) is 100 cm³/mol. The Morgan fingerprint density at radius 1 is 1.35 bits per heavy atom. The third kappa shape index (κ3) is 3.13. The highest BCUT2D eigenvalue weighted by Gasteiger charge is 2.13. The van der Waals surface area contributed by atoms with Gasteiger partial charge in [-0.25, -0.2) is 9.37 Å². The van der Waals surface area contributed by atoms with Gasteiger partial charge in [-0.3, -0.25) is 0 Å². The van der Waals surface area contributed by atoms with Gasteiger partial charge >= 0.3 is 0 Å². The lowest BCUT2D eigenvalue weighted by atomic mass is 10.2. The molecule has 0 saturated carbocycles. The second kappa shape index (κ2) is 6.59. The van der Waals surface area contributed by atoms with E-state index in [1.807, 2.05) is 23.2 Å². The number of allylic oxidation sites excluding steroid dienone is 1. The number of hydrogen-bond acceptors (Lipinski definition) is 5. The van der Waals surface area contributed by atoms with E-state index in [4.69, 9.17) is 0 Å². The van der Waals surface area contributed by atoms with Crippen LogP contribution in [0.4, 0.5) is 10.1 Å². The first-order valence-corrected chi connectivity index (χ1v) is 9.96. The molecule has 0 radical (unpaired) electrons. The number of hydrogen-bond donors (Lipinski definition) is 2. The quantitative estimate of drug-likeness (QED) is 0.570. The average molecular weight is 364 g/mol. The van der Waals surface area contributed by atoms with Crippen LogP contribution < -0.4 is 4.72 Å². The Morgan fingerprint density at radius 3 is 3.09 bits per heavy atom. The molecule has 1 aromatic carbocycles. The van der Waals surface area contributed by atoms with E-state index < -0.39 is 0 Å². The van der Waals surface area contributed by atoms with E-state index in [0.717, 1.165) is 34.1 Å². The highest BCUT2D eigenvalue weighted by molar-refractivity contribution is 8.22. The van der Waals surface area contributed by atoms with Gasteiger partial charge in [-0.1, -0.05) is 6.08 Å². The number of aromatic nitrogens is 2. The average Bonchev–Trinajstić information content (AvgIpc) is 3.25. The highest BCUT2D eigenvalue weighted by Crippen LogP contribution is 2.37. The van der Waals surface area contributed by atoms with Gasteiger partial charge in [-0.15, -0.1) is 23.1 Å². The van der Waals surface area contributed by atoms with Crippen molar-refractivity contribution >= 4 is 51.6 Å². The second-order valence-electron chi connectivity index (χ2n) is 5.12. The zero-order valence-electron chi connectivity index (χ0n) is 12.1. The molecule has 4 rings (SSSR count). The van der Waals surface area contributed by atoms with Gasteiger partial charge < -0.3 is 9.71 Å². The van der Waals surface area contributed by atoms with Crippen LogP contribution in [0.3, 0.4) is 0 Å². The third-order valence-electron chi connectivity index (χ3n) is 3.57. The number of halogens is 1. The molecule has 1 aliphatic heterocycles. The molecule has 0 aliphatic carbocycles. The number of anilines is 1. The fourth-order valence-electron chi connectivity index (χ4n) is 2.45. The molecule has 3 heterocycles. The van der Waals surface area contributed by atoms with Crippen LogP contribution in [0, 0.1) is 5.82 Å². The van der Waals surface area contributed by atoms with E-state index >= 15 is 0 Å². The molecule has 0 bridgehead atoms. The van der Waals surface area contributed by atoms with E-state index in [2.05, 4.69) is 20.8 Å². The third-order valence-corrected chi connectivity index (χ3v) is 6.61. The predicted octanol–water partition coefficient (Wildman–Crippen LogP) is 5.86. The molecule has 0 atom stereocenters. The lowest BCUT2D eigenvalue weighted by Crippen LogP contribution is -1.93. The summed E-state index contributed by atoms with van der Waals surface area (Å²) in [6.45, 7) is 0. The van der Waals surface area contributed by atoms with Crippen molar-refractivity contribution in [2.75, 3.05) is 10.5 Å². The van der Waals surface area contributed by atoms with Crippen LogP contribution in [-0.2, 0) is 0 Å². The number of fused-ring (bicyclic) bond motifs is 1. The number of aromatic amines is 1. The highest BCUT2D eigenvalue weighted by atomic mass is 32.2. The Hall–Kier alpha value is -1.44. The van der Waals surface area contributed by atoms with Gasteiger partial charge in [0, 0.05) is 17.0 Å². The monoisotopic (exact) mass is 363 g/mol. The molecule has 3 nitrogen and oxygen atoms in total. The summed E-state index contributed by atoms with van der Waals surface area (Å²) in [6.07, 6.45) is 6.38. The van der Waals surface area contributed by atoms with Crippen molar-refractivity contribution in [3.05, 3.63) is 45.9 Å². The fraction of sp³-hybridized carbons (Fsp3) is 0.188. The first-order valence-electron chi connectivity index (χ1n) is 7.28. The molecular weight excluding hydrogens is 349 g/mol. The molecule has 118 valence electrons. The normalized spacial score (nSPS) is 14.9. The molecule has 2 N–H and O–H groups in total. The maximum atomic E-state index is 14.1. The Kier molecular flexibility index (Phi) is 4.33. The lowest BCUT2D eigenvalue weighted by Gasteiger charge is -2.13. The van der Waals surface area contributed by atoms with Crippen molar-refractivity contribution in [2.45, 2.75) is 12.8 Å². The summed E-state index contributed by atoms with van der Waals surface area (Å²) in [5.74, 6) is 0.941. The van der Waals surface area contributed by atoms with Gasteiger partial charge in [-0.2, -0.15) is 0 Å². The van der Waals surface area contributed by atoms with E-state index in [1.54, 1.807) is 24.2 Å². The number of rotatable bonds is 4. The fourth-order valence-corrected chi connectivity index (χ4v) is 5.00. The molecule has 0 amide bonds. The van der Waals surface area contributed by atoms with E-state index in [0.29, 0.717) is 5.39 Å². The number of benzene rings is 1. The summed E-state index contributed by atoms with van der Waals surface area (Å²) < 4.78 is 18.8. The van der Waals surface area contributed by atoms with Gasteiger partial charge in [0.1, 0.15) is 10.8 Å². The SMILES string of the molecule is Fc1ccc(NSC2=CCCCS2)c2[nH]c(-c3nccs3)cc12. The zero-order chi connectivity index (χ0) is 15.6. The van der Waals surface area contributed by atoms with Crippen molar-refractivity contribution in [1.82, 2.24) is 9.97 Å². The van der Waals surface area contributed by atoms with Gasteiger partial charge in [0.25, 0.3) is 0 Å². The minimum absolute atomic E-state index is 0.221. The summed E-state index contributed by atoms with van der Waals surface area (Å²) in [6, 6.07) is 5.11. The van der Waals surface area contributed by atoms with Crippen molar-refractivity contribution < 1.29 is 4.39 Å². The zero-order valence-corrected chi connectivity index (χ0v) is 14.6. The number of nitrogens with zero attached hydrogens (tertiary/aromatic N) is 1. The summed E-state index contributed by atoms with van der Waals surface area (Å²) in [5, 5.41) is 3.37. The number of thioether (sulfide) groups is 1. The summed E-state index contributed by atoms with van der Waals surface area (Å²) in [4.78, 5) is 7.59. The minimum atomic E-state index is -0.221. The molecular formula is C16H14FN3S3. The smallest absolute Gasteiger partial charge is 0.139 e.